The molecule has 1 fully saturated rings. The lowest BCUT2D eigenvalue weighted by Gasteiger charge is -2.21. The van der Waals surface area contributed by atoms with Crippen LogP contribution in [0.2, 0.25) is 0 Å². The molecule has 1 aliphatic rings. The Hall–Kier alpha value is -1.55. The number of aliphatic hydroxyl groups excluding tert-OH is 1. The van der Waals surface area contributed by atoms with Gasteiger partial charge in [0, 0.05) is 5.56 Å². The average molecular weight is 263 g/mol. The molecule has 0 bridgehead atoms. The van der Waals surface area contributed by atoms with Crippen LogP contribution >= 0.6 is 0 Å². The molecule has 2 atom stereocenters. The predicted octanol–water partition coefficient (Wildman–Crippen LogP) is 2.12. The van der Waals surface area contributed by atoms with Crippen molar-refractivity contribution in [3.05, 3.63) is 29.8 Å². The zero-order chi connectivity index (χ0) is 13.7. The average Bonchev–Trinajstić information content (AvgIpc) is 2.64. The maximum atomic E-state index is 12.2. The van der Waals surface area contributed by atoms with Crippen molar-refractivity contribution in [2.45, 2.75) is 44.2 Å². The Morgan fingerprint density at radius 3 is 2.89 bits per heavy atom. The van der Waals surface area contributed by atoms with Gasteiger partial charge in [-0.1, -0.05) is 25.3 Å². The molecule has 19 heavy (non-hydrogen) atoms. The molecule has 1 aromatic carbocycles. The van der Waals surface area contributed by atoms with Gasteiger partial charge in [-0.2, -0.15) is 0 Å². The van der Waals surface area contributed by atoms with Gasteiger partial charge in [-0.15, -0.1) is 0 Å². The van der Waals surface area contributed by atoms with E-state index in [1.165, 1.54) is 0 Å². The Bertz CT molecular complexity index is 433. The Morgan fingerprint density at radius 1 is 1.32 bits per heavy atom. The van der Waals surface area contributed by atoms with Crippen molar-refractivity contribution in [3.8, 4) is 5.75 Å². The minimum atomic E-state index is -0.433. The summed E-state index contributed by atoms with van der Waals surface area (Å²) in [7, 11) is 1.58. The maximum Gasteiger partial charge on any atom is 0.251 e. The molecule has 1 aliphatic carbocycles. The van der Waals surface area contributed by atoms with Gasteiger partial charge in [0.15, 0.2) is 0 Å². The second-order valence-corrected chi connectivity index (χ2v) is 5.02. The number of hydrogen-bond acceptors (Lipinski definition) is 3. The van der Waals surface area contributed by atoms with Crippen LogP contribution in [-0.4, -0.2) is 30.3 Å². The first-order valence-electron chi connectivity index (χ1n) is 6.83. The molecule has 0 heterocycles. The molecule has 0 saturated heterocycles. The summed E-state index contributed by atoms with van der Waals surface area (Å²) in [5.41, 5.74) is 0.566. The number of carbonyl (C=O) groups is 1. The Morgan fingerprint density at radius 2 is 2.11 bits per heavy atom. The van der Waals surface area contributed by atoms with Gasteiger partial charge in [0.05, 0.1) is 19.3 Å². The third kappa shape index (κ3) is 3.70. The summed E-state index contributed by atoms with van der Waals surface area (Å²) in [5.74, 6) is 0.513. The summed E-state index contributed by atoms with van der Waals surface area (Å²) in [5, 5.41) is 12.9. The van der Waals surface area contributed by atoms with Crippen LogP contribution in [0.3, 0.4) is 0 Å². The van der Waals surface area contributed by atoms with Gasteiger partial charge < -0.3 is 15.2 Å². The van der Waals surface area contributed by atoms with Gasteiger partial charge in [0.2, 0.25) is 0 Å². The van der Waals surface area contributed by atoms with E-state index < -0.39 is 6.10 Å². The monoisotopic (exact) mass is 263 g/mol. The highest BCUT2D eigenvalue weighted by molar-refractivity contribution is 5.94. The lowest BCUT2D eigenvalue weighted by molar-refractivity contribution is 0.0818. The fraction of sp³-hybridized carbons (Fsp3) is 0.533. The number of ether oxygens (including phenoxy) is 1. The minimum absolute atomic E-state index is 0.138. The molecule has 0 spiro atoms. The quantitative estimate of drug-likeness (QED) is 0.821. The Kier molecular flexibility index (Phi) is 4.80. The van der Waals surface area contributed by atoms with E-state index >= 15 is 0 Å². The van der Waals surface area contributed by atoms with Crippen LogP contribution in [0.4, 0.5) is 0 Å². The summed E-state index contributed by atoms with van der Waals surface area (Å²) >= 11 is 0. The van der Waals surface area contributed by atoms with Crippen LogP contribution in [0.5, 0.6) is 5.75 Å². The Balaban J connectivity index is 2.02. The summed E-state index contributed by atoms with van der Waals surface area (Å²) < 4.78 is 5.11. The zero-order valence-electron chi connectivity index (χ0n) is 11.3. The zero-order valence-corrected chi connectivity index (χ0v) is 11.3. The standard InChI is InChI=1S/C15H21NO3/c1-19-12-7-5-6-11(10-12)15(18)16-13-8-3-2-4-9-14(13)17/h5-7,10,13-14,17H,2-4,8-9H2,1H3,(H,16,18). The SMILES string of the molecule is COc1cccc(C(=O)NC2CCCCCC2O)c1. The summed E-state index contributed by atoms with van der Waals surface area (Å²) in [6.07, 6.45) is 4.40. The third-order valence-electron chi connectivity index (χ3n) is 3.63. The van der Waals surface area contributed by atoms with E-state index in [1.807, 2.05) is 0 Å². The van der Waals surface area contributed by atoms with Crippen molar-refractivity contribution < 1.29 is 14.6 Å². The fourth-order valence-electron chi connectivity index (χ4n) is 2.47. The van der Waals surface area contributed by atoms with Crippen LogP contribution in [0.1, 0.15) is 42.5 Å². The lowest BCUT2D eigenvalue weighted by atomic mass is 10.1. The normalized spacial score (nSPS) is 23.5. The van der Waals surface area contributed by atoms with Crippen molar-refractivity contribution in [1.29, 1.82) is 0 Å². The van der Waals surface area contributed by atoms with Crippen LogP contribution in [-0.2, 0) is 0 Å². The fourth-order valence-corrected chi connectivity index (χ4v) is 2.47. The van der Waals surface area contributed by atoms with E-state index in [2.05, 4.69) is 5.32 Å². The highest BCUT2D eigenvalue weighted by atomic mass is 16.5. The molecule has 4 heteroatoms. The number of rotatable bonds is 3. The van der Waals surface area contributed by atoms with Crippen LogP contribution in [0.15, 0.2) is 24.3 Å². The molecule has 4 nitrogen and oxygen atoms in total. The molecule has 2 unspecified atom stereocenters. The molecule has 1 aromatic rings. The van der Waals surface area contributed by atoms with E-state index in [1.54, 1.807) is 31.4 Å². The van der Waals surface area contributed by atoms with Crippen LogP contribution in [0, 0.1) is 0 Å². The largest absolute Gasteiger partial charge is 0.497 e. The summed E-state index contributed by atoms with van der Waals surface area (Å²) in [6.45, 7) is 0. The van der Waals surface area contributed by atoms with Gasteiger partial charge in [0.25, 0.3) is 5.91 Å². The number of aliphatic hydroxyl groups is 1. The van der Waals surface area contributed by atoms with E-state index in [9.17, 15) is 9.90 Å². The summed E-state index contributed by atoms with van der Waals surface area (Å²) in [4.78, 5) is 12.2. The van der Waals surface area contributed by atoms with Crippen molar-refractivity contribution in [2.24, 2.45) is 0 Å². The number of hydrogen-bond donors (Lipinski definition) is 2. The van der Waals surface area contributed by atoms with Crippen molar-refractivity contribution in [1.82, 2.24) is 5.32 Å². The van der Waals surface area contributed by atoms with Crippen molar-refractivity contribution in [2.75, 3.05) is 7.11 Å². The molecule has 0 aromatic heterocycles. The lowest BCUT2D eigenvalue weighted by Crippen LogP contribution is -2.42. The van der Waals surface area contributed by atoms with Gasteiger partial charge in [-0.3, -0.25) is 4.79 Å². The smallest absolute Gasteiger partial charge is 0.251 e. The van der Waals surface area contributed by atoms with Crippen molar-refractivity contribution >= 4 is 5.91 Å². The van der Waals surface area contributed by atoms with Crippen LogP contribution < -0.4 is 10.1 Å². The van der Waals surface area contributed by atoms with Gasteiger partial charge >= 0.3 is 0 Å². The van der Waals surface area contributed by atoms with Crippen LogP contribution in [0.25, 0.3) is 0 Å². The number of nitrogens with one attached hydrogen (secondary N) is 1. The molecule has 0 radical (unpaired) electrons. The highest BCUT2D eigenvalue weighted by Gasteiger charge is 2.23. The van der Waals surface area contributed by atoms with E-state index in [4.69, 9.17) is 4.74 Å². The van der Waals surface area contributed by atoms with Gasteiger partial charge in [0.1, 0.15) is 5.75 Å². The maximum absolute atomic E-state index is 12.2. The van der Waals surface area contributed by atoms with Gasteiger partial charge in [-0.25, -0.2) is 0 Å². The molecular formula is C15H21NO3. The number of benzene rings is 1. The number of carbonyl (C=O) groups excluding carboxylic acids is 1. The first-order chi connectivity index (χ1) is 9.20. The number of methoxy groups -OCH3 is 1. The minimum Gasteiger partial charge on any atom is -0.497 e. The molecule has 1 saturated carbocycles. The first-order valence-corrected chi connectivity index (χ1v) is 6.83. The molecule has 1 amide bonds. The van der Waals surface area contributed by atoms with Crippen molar-refractivity contribution in [3.63, 3.8) is 0 Å². The first kappa shape index (κ1) is 13.9. The van der Waals surface area contributed by atoms with E-state index in [-0.39, 0.29) is 11.9 Å². The predicted molar refractivity (Wildman–Crippen MR) is 73.3 cm³/mol. The Labute approximate surface area is 113 Å². The molecule has 2 N–H and O–H groups in total. The van der Waals surface area contributed by atoms with E-state index in [0.717, 1.165) is 32.1 Å². The molecule has 0 aliphatic heterocycles. The molecule has 2 rings (SSSR count). The second-order valence-electron chi connectivity index (χ2n) is 5.02. The molecule has 104 valence electrons. The van der Waals surface area contributed by atoms with Gasteiger partial charge in [-0.05, 0) is 31.0 Å². The summed E-state index contributed by atoms with van der Waals surface area (Å²) in [6, 6.07) is 6.91. The van der Waals surface area contributed by atoms with E-state index in [0.29, 0.717) is 11.3 Å². The second kappa shape index (κ2) is 6.57. The number of amides is 1. The molecular weight excluding hydrogens is 242 g/mol. The third-order valence-corrected chi connectivity index (χ3v) is 3.63. The highest BCUT2D eigenvalue weighted by Crippen LogP contribution is 2.19. The topological polar surface area (TPSA) is 58.6 Å².